The predicted molar refractivity (Wildman–Crippen MR) is 127 cm³/mol. The van der Waals surface area contributed by atoms with Gasteiger partial charge in [0, 0.05) is 28.7 Å². The minimum absolute atomic E-state index is 0.0231. The first-order valence-corrected chi connectivity index (χ1v) is 11.0. The van der Waals surface area contributed by atoms with E-state index in [1.165, 1.54) is 31.2 Å². The summed E-state index contributed by atoms with van der Waals surface area (Å²) in [6.45, 7) is 7.24. The number of aliphatic hydroxyl groups excluding tert-OH is 1. The third kappa shape index (κ3) is 7.39. The molecule has 0 saturated carbocycles. The number of nitro benzene ring substituents is 1. The van der Waals surface area contributed by atoms with Crippen molar-refractivity contribution in [3.05, 3.63) is 94.3 Å². The van der Waals surface area contributed by atoms with Crippen LogP contribution in [0, 0.1) is 16.0 Å². The first-order chi connectivity index (χ1) is 15.3. The van der Waals surface area contributed by atoms with E-state index in [4.69, 9.17) is 4.74 Å². The SMILES string of the molecule is C=CCN=C(C(C(=O)OCc1ccc([N+](=O)[O-])cc1)=C(C)O)C(C)CSc1ccccc1. The summed E-state index contributed by atoms with van der Waals surface area (Å²) in [5.74, 6) is -0.392. The topological polar surface area (TPSA) is 102 Å². The smallest absolute Gasteiger partial charge is 0.343 e. The Kier molecular flexibility index (Phi) is 9.69. The first-order valence-electron chi connectivity index (χ1n) is 9.97. The Morgan fingerprint density at radius 1 is 1.25 bits per heavy atom. The monoisotopic (exact) mass is 454 g/mol. The van der Waals surface area contributed by atoms with Crippen molar-refractivity contribution in [2.45, 2.75) is 25.3 Å². The molecule has 0 aliphatic rings. The predicted octanol–water partition coefficient (Wildman–Crippen LogP) is 5.53. The van der Waals surface area contributed by atoms with Crippen LogP contribution in [0.1, 0.15) is 19.4 Å². The Bertz CT molecular complexity index is 997. The molecule has 0 amide bonds. The van der Waals surface area contributed by atoms with E-state index >= 15 is 0 Å². The van der Waals surface area contributed by atoms with Gasteiger partial charge in [-0.25, -0.2) is 4.79 Å². The lowest BCUT2D eigenvalue weighted by atomic mass is 9.98. The number of hydrogen-bond acceptors (Lipinski definition) is 7. The molecule has 0 aliphatic heterocycles. The molecule has 1 N–H and O–H groups in total. The van der Waals surface area contributed by atoms with E-state index in [9.17, 15) is 20.0 Å². The summed E-state index contributed by atoms with van der Waals surface area (Å²) in [6.07, 6.45) is 1.61. The Labute approximate surface area is 191 Å². The summed E-state index contributed by atoms with van der Waals surface area (Å²) >= 11 is 1.63. The highest BCUT2D eigenvalue weighted by Gasteiger charge is 2.25. The first kappa shape index (κ1) is 24.9. The summed E-state index contributed by atoms with van der Waals surface area (Å²) < 4.78 is 5.39. The number of benzene rings is 2. The lowest BCUT2D eigenvalue weighted by Crippen LogP contribution is -2.25. The largest absolute Gasteiger partial charge is 0.512 e. The van der Waals surface area contributed by atoms with Crippen LogP contribution in [0.5, 0.6) is 0 Å². The molecule has 2 aromatic rings. The van der Waals surface area contributed by atoms with Crippen LogP contribution in [-0.4, -0.2) is 34.0 Å². The highest BCUT2D eigenvalue weighted by Crippen LogP contribution is 2.24. The average Bonchev–Trinajstić information content (AvgIpc) is 2.79. The zero-order valence-corrected chi connectivity index (χ0v) is 18.9. The van der Waals surface area contributed by atoms with Gasteiger partial charge in [-0.15, -0.1) is 18.3 Å². The Balaban J connectivity index is 2.15. The van der Waals surface area contributed by atoms with Crippen LogP contribution in [0.4, 0.5) is 5.69 Å². The maximum atomic E-state index is 12.9. The van der Waals surface area contributed by atoms with E-state index in [1.54, 1.807) is 17.8 Å². The van der Waals surface area contributed by atoms with Crippen LogP contribution in [0.25, 0.3) is 0 Å². The maximum absolute atomic E-state index is 12.9. The fourth-order valence-electron chi connectivity index (χ4n) is 2.83. The quantitative estimate of drug-likeness (QED) is 0.0700. The number of esters is 1. The van der Waals surface area contributed by atoms with Gasteiger partial charge >= 0.3 is 5.97 Å². The number of aliphatic hydroxyl groups is 1. The van der Waals surface area contributed by atoms with E-state index in [-0.39, 0.29) is 29.5 Å². The Hall–Kier alpha value is -3.39. The van der Waals surface area contributed by atoms with Crippen molar-refractivity contribution in [1.29, 1.82) is 0 Å². The third-order valence-electron chi connectivity index (χ3n) is 4.44. The standard InChI is InChI=1S/C24H26N2O5S/c1-4-14-25-23(17(2)16-32-21-8-6-5-7-9-21)22(18(3)27)24(28)31-15-19-10-12-20(13-11-19)26(29)30/h4-13,17,27H,1,14-16H2,2-3H3. The van der Waals surface area contributed by atoms with E-state index in [0.29, 0.717) is 23.6 Å². The molecule has 0 aliphatic carbocycles. The minimum Gasteiger partial charge on any atom is -0.512 e. The number of carbonyl (C=O) groups is 1. The van der Waals surface area contributed by atoms with Crippen LogP contribution in [0.2, 0.25) is 0 Å². The van der Waals surface area contributed by atoms with Crippen molar-refractivity contribution in [3.8, 4) is 0 Å². The van der Waals surface area contributed by atoms with Crippen molar-refractivity contribution in [3.63, 3.8) is 0 Å². The Morgan fingerprint density at radius 3 is 2.47 bits per heavy atom. The molecule has 0 bridgehead atoms. The summed E-state index contributed by atoms with van der Waals surface area (Å²) in [5.41, 5.74) is 1.02. The molecule has 2 rings (SSSR count). The van der Waals surface area contributed by atoms with Gasteiger partial charge < -0.3 is 9.84 Å². The normalized spacial score (nSPS) is 13.1. The third-order valence-corrected chi connectivity index (χ3v) is 5.71. The van der Waals surface area contributed by atoms with E-state index < -0.39 is 10.9 Å². The molecule has 2 aromatic carbocycles. The number of nitro groups is 1. The van der Waals surface area contributed by atoms with Crippen molar-refractivity contribution >= 4 is 29.1 Å². The lowest BCUT2D eigenvalue weighted by Gasteiger charge is -2.18. The fraction of sp³-hybridized carbons (Fsp3) is 0.250. The van der Waals surface area contributed by atoms with Crippen LogP contribution < -0.4 is 0 Å². The molecule has 0 spiro atoms. The molecule has 7 nitrogen and oxygen atoms in total. The van der Waals surface area contributed by atoms with Crippen molar-refractivity contribution < 1.29 is 19.6 Å². The number of rotatable bonds is 11. The molecule has 0 saturated heterocycles. The number of allylic oxidation sites excluding steroid dienone is 1. The number of nitrogens with zero attached hydrogens (tertiary/aromatic N) is 2. The zero-order chi connectivity index (χ0) is 23.5. The van der Waals surface area contributed by atoms with Gasteiger partial charge in [0.05, 0.1) is 17.2 Å². The number of non-ortho nitro benzene ring substituents is 1. The van der Waals surface area contributed by atoms with Gasteiger partial charge in [0.25, 0.3) is 5.69 Å². The molecular weight excluding hydrogens is 428 g/mol. The lowest BCUT2D eigenvalue weighted by molar-refractivity contribution is -0.384. The van der Waals surface area contributed by atoms with E-state index in [1.807, 2.05) is 37.3 Å². The summed E-state index contributed by atoms with van der Waals surface area (Å²) in [4.78, 5) is 28.7. The molecule has 0 heterocycles. The van der Waals surface area contributed by atoms with Crippen molar-refractivity contribution in [1.82, 2.24) is 0 Å². The summed E-state index contributed by atoms with van der Waals surface area (Å²) in [5, 5.41) is 21.0. The number of ether oxygens (including phenoxy) is 1. The van der Waals surface area contributed by atoms with Gasteiger partial charge in [-0.05, 0) is 36.8 Å². The molecule has 1 atom stereocenters. The molecule has 0 aromatic heterocycles. The summed E-state index contributed by atoms with van der Waals surface area (Å²) in [6, 6.07) is 15.6. The second-order valence-corrected chi connectivity index (χ2v) is 8.09. The minimum atomic E-state index is -0.706. The molecule has 32 heavy (non-hydrogen) atoms. The van der Waals surface area contributed by atoms with Crippen LogP contribution in [0.15, 0.2) is 88.5 Å². The van der Waals surface area contributed by atoms with Crippen LogP contribution in [0.3, 0.4) is 0 Å². The second-order valence-electron chi connectivity index (χ2n) is 7.00. The van der Waals surface area contributed by atoms with Gasteiger partial charge in [0.1, 0.15) is 17.9 Å². The molecule has 168 valence electrons. The van der Waals surface area contributed by atoms with Crippen molar-refractivity contribution in [2.24, 2.45) is 10.9 Å². The summed E-state index contributed by atoms with van der Waals surface area (Å²) in [7, 11) is 0. The van der Waals surface area contributed by atoms with Crippen LogP contribution in [-0.2, 0) is 16.1 Å². The zero-order valence-electron chi connectivity index (χ0n) is 18.1. The van der Waals surface area contributed by atoms with Gasteiger partial charge in [-0.1, -0.05) is 31.2 Å². The molecular formula is C24H26N2O5S. The highest BCUT2D eigenvalue weighted by molar-refractivity contribution is 7.99. The fourth-order valence-corrected chi connectivity index (χ4v) is 3.78. The van der Waals surface area contributed by atoms with E-state index in [2.05, 4.69) is 11.6 Å². The average molecular weight is 455 g/mol. The van der Waals surface area contributed by atoms with Gasteiger partial charge in [-0.2, -0.15) is 0 Å². The second kappa shape index (κ2) is 12.5. The number of thioether (sulfide) groups is 1. The number of hydrogen-bond donors (Lipinski definition) is 1. The van der Waals surface area contributed by atoms with Gasteiger partial charge in [-0.3, -0.25) is 15.1 Å². The van der Waals surface area contributed by atoms with Gasteiger partial charge in [0.2, 0.25) is 0 Å². The number of carbonyl (C=O) groups excluding carboxylic acids is 1. The maximum Gasteiger partial charge on any atom is 0.343 e. The molecule has 8 heteroatoms. The van der Waals surface area contributed by atoms with Crippen LogP contribution >= 0.6 is 11.8 Å². The highest BCUT2D eigenvalue weighted by atomic mass is 32.2. The Morgan fingerprint density at radius 2 is 1.91 bits per heavy atom. The van der Waals surface area contributed by atoms with E-state index in [0.717, 1.165) is 4.90 Å². The molecule has 1 unspecified atom stereocenters. The number of aliphatic imine (C=N–C) groups is 1. The molecule has 0 fully saturated rings. The molecule has 0 radical (unpaired) electrons. The van der Waals surface area contributed by atoms with Gasteiger partial charge in [0.15, 0.2) is 0 Å². The van der Waals surface area contributed by atoms with Crippen molar-refractivity contribution in [2.75, 3.05) is 12.3 Å².